The number of carbonyl (C=O) groups is 2. The molecule has 10 heteroatoms. The van der Waals surface area contributed by atoms with Gasteiger partial charge in [0.05, 0.1) is 36.9 Å². The van der Waals surface area contributed by atoms with Gasteiger partial charge in [0.2, 0.25) is 5.91 Å². The van der Waals surface area contributed by atoms with Gasteiger partial charge in [0.15, 0.2) is 0 Å². The zero-order valence-electron chi connectivity index (χ0n) is 25.4. The van der Waals surface area contributed by atoms with E-state index in [1.54, 1.807) is 6.07 Å². The van der Waals surface area contributed by atoms with Gasteiger partial charge in [-0.2, -0.15) is 0 Å². The standard InChI is InChI=1S/C36H36FN5O4/c1-45-36(44)42-33(32(24-11-4-2-5-12-24)25-13-6-3-7-14-25)35(43)41-28-15-9-8-10-23(28)16-18-27-21-38-31(22-46-27)34-39-29-19-17-26(37)20-30(29)40-34/h2-15,17,19-20,27,31-33,38H,16,18,21-22H2,1H3,(H,39,40)(H,41,43)(H,42,44)/t27-,31+,33+/m1/s1. The van der Waals surface area contributed by atoms with Gasteiger partial charge in [-0.1, -0.05) is 78.9 Å². The number of rotatable bonds is 10. The summed E-state index contributed by atoms with van der Waals surface area (Å²) >= 11 is 0. The minimum atomic E-state index is -0.956. The minimum absolute atomic E-state index is 0.0453. The number of aromatic nitrogens is 2. The fourth-order valence-corrected chi connectivity index (χ4v) is 5.92. The van der Waals surface area contributed by atoms with Crippen LogP contribution >= 0.6 is 0 Å². The van der Waals surface area contributed by atoms with Crippen molar-refractivity contribution in [3.8, 4) is 0 Å². The van der Waals surface area contributed by atoms with Crippen LogP contribution in [-0.2, 0) is 20.7 Å². The number of hydrogen-bond donors (Lipinski definition) is 4. The number of fused-ring (bicyclic) bond motifs is 1. The molecule has 6 rings (SSSR count). The molecule has 0 aliphatic carbocycles. The largest absolute Gasteiger partial charge is 0.453 e. The molecule has 1 fully saturated rings. The molecule has 236 valence electrons. The highest BCUT2D eigenvalue weighted by atomic mass is 19.1. The first-order valence-electron chi connectivity index (χ1n) is 15.3. The summed E-state index contributed by atoms with van der Waals surface area (Å²) < 4.78 is 24.7. The van der Waals surface area contributed by atoms with Crippen molar-refractivity contribution >= 4 is 28.7 Å². The number of anilines is 1. The predicted molar refractivity (Wildman–Crippen MR) is 174 cm³/mol. The van der Waals surface area contributed by atoms with Crippen molar-refractivity contribution in [3.63, 3.8) is 0 Å². The smallest absolute Gasteiger partial charge is 0.407 e. The van der Waals surface area contributed by atoms with Crippen molar-refractivity contribution in [2.45, 2.75) is 36.9 Å². The molecular formula is C36H36FN5O4. The Labute approximate surface area is 266 Å². The molecule has 0 saturated carbocycles. The summed E-state index contributed by atoms with van der Waals surface area (Å²) in [6.45, 7) is 1.04. The summed E-state index contributed by atoms with van der Waals surface area (Å²) in [5.41, 5.74) is 4.75. The summed E-state index contributed by atoms with van der Waals surface area (Å²) in [5.74, 6) is -0.421. The van der Waals surface area contributed by atoms with Crippen LogP contribution in [0.3, 0.4) is 0 Å². The summed E-state index contributed by atoms with van der Waals surface area (Å²) in [6, 6.07) is 30.3. The van der Waals surface area contributed by atoms with Gasteiger partial charge in [-0.15, -0.1) is 0 Å². The number of ether oxygens (including phenoxy) is 2. The third-order valence-electron chi connectivity index (χ3n) is 8.29. The van der Waals surface area contributed by atoms with Crippen molar-refractivity contribution in [1.29, 1.82) is 0 Å². The Bertz CT molecular complexity index is 1730. The zero-order chi connectivity index (χ0) is 31.9. The predicted octanol–water partition coefficient (Wildman–Crippen LogP) is 5.86. The van der Waals surface area contributed by atoms with Gasteiger partial charge in [0, 0.05) is 18.2 Å². The maximum absolute atomic E-state index is 14.0. The molecule has 4 N–H and O–H groups in total. The van der Waals surface area contributed by atoms with Crippen LogP contribution in [0.25, 0.3) is 11.0 Å². The zero-order valence-corrected chi connectivity index (χ0v) is 25.4. The maximum Gasteiger partial charge on any atom is 0.407 e. The highest BCUT2D eigenvalue weighted by Crippen LogP contribution is 2.30. The Kier molecular flexibility index (Phi) is 9.66. The highest BCUT2D eigenvalue weighted by molar-refractivity contribution is 5.98. The van der Waals surface area contributed by atoms with E-state index < -0.39 is 18.1 Å². The Morgan fingerprint density at radius 3 is 2.35 bits per heavy atom. The number of benzene rings is 4. The molecule has 1 aromatic heterocycles. The number of imidazole rings is 1. The van der Waals surface area contributed by atoms with Crippen molar-refractivity contribution in [2.24, 2.45) is 0 Å². The number of morpholine rings is 1. The lowest BCUT2D eigenvalue weighted by molar-refractivity contribution is -0.118. The van der Waals surface area contributed by atoms with E-state index in [1.807, 2.05) is 84.9 Å². The average molecular weight is 622 g/mol. The first-order chi connectivity index (χ1) is 22.5. The van der Waals surface area contributed by atoms with Crippen molar-refractivity contribution in [2.75, 3.05) is 25.6 Å². The number of methoxy groups -OCH3 is 1. The first kappa shape index (κ1) is 30.9. The number of H-pyrrole nitrogens is 1. The van der Waals surface area contributed by atoms with E-state index in [-0.39, 0.29) is 23.9 Å². The molecule has 1 aliphatic rings. The molecule has 2 amide bonds. The maximum atomic E-state index is 14.0. The number of hydrogen-bond acceptors (Lipinski definition) is 6. The number of carbonyl (C=O) groups excluding carboxylic acids is 2. The van der Waals surface area contributed by atoms with E-state index in [4.69, 9.17) is 9.47 Å². The Morgan fingerprint density at radius 2 is 1.67 bits per heavy atom. The molecule has 1 saturated heterocycles. The van der Waals surface area contributed by atoms with Gasteiger partial charge >= 0.3 is 6.09 Å². The lowest BCUT2D eigenvalue weighted by Crippen LogP contribution is -2.48. The number of aromatic amines is 1. The summed E-state index contributed by atoms with van der Waals surface area (Å²) in [7, 11) is 1.28. The van der Waals surface area contributed by atoms with Crippen LogP contribution in [0, 0.1) is 5.82 Å². The van der Waals surface area contributed by atoms with Crippen LogP contribution in [-0.4, -0.2) is 54.4 Å². The van der Waals surface area contributed by atoms with Crippen LogP contribution in [0.2, 0.25) is 0 Å². The van der Waals surface area contributed by atoms with Gasteiger partial charge in [0.25, 0.3) is 0 Å². The molecular weight excluding hydrogens is 585 g/mol. The van der Waals surface area contributed by atoms with Crippen LogP contribution in [0.1, 0.15) is 40.9 Å². The van der Waals surface area contributed by atoms with E-state index in [0.717, 1.165) is 23.1 Å². The van der Waals surface area contributed by atoms with Crippen molar-refractivity contribution < 1.29 is 23.5 Å². The fourth-order valence-electron chi connectivity index (χ4n) is 5.92. The Hall–Kier alpha value is -5.06. The van der Waals surface area contributed by atoms with E-state index in [2.05, 4.69) is 25.9 Å². The van der Waals surface area contributed by atoms with Crippen LogP contribution in [0.4, 0.5) is 14.9 Å². The van der Waals surface area contributed by atoms with Crippen LogP contribution < -0.4 is 16.0 Å². The second-order valence-corrected chi connectivity index (χ2v) is 11.3. The summed E-state index contributed by atoms with van der Waals surface area (Å²) in [5, 5.41) is 9.37. The molecule has 2 heterocycles. The summed E-state index contributed by atoms with van der Waals surface area (Å²) in [6.07, 6.45) is 0.641. The number of halogens is 1. The number of alkyl carbamates (subject to hydrolysis) is 1. The molecule has 0 radical (unpaired) electrons. The van der Waals surface area contributed by atoms with Crippen molar-refractivity contribution in [1.82, 2.24) is 20.6 Å². The molecule has 1 aliphatic heterocycles. The van der Waals surface area contributed by atoms with Crippen LogP contribution in [0.5, 0.6) is 0 Å². The van der Waals surface area contributed by atoms with Gasteiger partial charge in [-0.3, -0.25) is 4.79 Å². The number of nitrogens with zero attached hydrogens (tertiary/aromatic N) is 1. The topological polar surface area (TPSA) is 117 Å². The van der Waals surface area contributed by atoms with E-state index in [9.17, 15) is 14.0 Å². The van der Waals surface area contributed by atoms with Gasteiger partial charge in [0.1, 0.15) is 17.7 Å². The van der Waals surface area contributed by atoms with E-state index in [1.165, 1.54) is 19.2 Å². The molecule has 46 heavy (non-hydrogen) atoms. The van der Waals surface area contributed by atoms with E-state index in [0.29, 0.717) is 42.1 Å². The first-order valence-corrected chi connectivity index (χ1v) is 15.3. The molecule has 0 spiro atoms. The molecule has 4 aromatic carbocycles. The normalized spacial score (nSPS) is 17.0. The number of amides is 2. The molecule has 5 aromatic rings. The Morgan fingerprint density at radius 1 is 0.978 bits per heavy atom. The second kappa shape index (κ2) is 14.4. The minimum Gasteiger partial charge on any atom is -0.453 e. The van der Waals surface area contributed by atoms with Gasteiger partial charge in [-0.25, -0.2) is 14.2 Å². The number of nitrogens with one attached hydrogen (secondary N) is 4. The van der Waals surface area contributed by atoms with Crippen LogP contribution in [0.15, 0.2) is 103 Å². The number of aryl methyl sites for hydroxylation is 1. The Balaban J connectivity index is 1.14. The molecule has 3 atom stereocenters. The molecule has 0 unspecified atom stereocenters. The quantitative estimate of drug-likeness (QED) is 0.155. The summed E-state index contributed by atoms with van der Waals surface area (Å²) in [4.78, 5) is 34.3. The SMILES string of the molecule is COC(=O)N[C@H](C(=O)Nc1ccccc1CC[C@@H]1CN[C@H](c2nc3ccc(F)cc3[nH]2)CO1)C(c1ccccc1)c1ccccc1. The van der Waals surface area contributed by atoms with Gasteiger partial charge < -0.3 is 30.4 Å². The van der Waals surface area contributed by atoms with Crippen molar-refractivity contribution in [3.05, 3.63) is 131 Å². The monoisotopic (exact) mass is 621 g/mol. The molecule has 9 nitrogen and oxygen atoms in total. The fraction of sp³-hybridized carbons (Fsp3) is 0.250. The third kappa shape index (κ3) is 7.25. The van der Waals surface area contributed by atoms with Gasteiger partial charge in [-0.05, 0) is 53.8 Å². The second-order valence-electron chi connectivity index (χ2n) is 11.3. The average Bonchev–Trinajstić information content (AvgIpc) is 3.52. The number of para-hydroxylation sites is 1. The third-order valence-corrected chi connectivity index (χ3v) is 8.29. The highest BCUT2D eigenvalue weighted by Gasteiger charge is 2.33. The molecule has 0 bridgehead atoms. The van der Waals surface area contributed by atoms with E-state index >= 15 is 0 Å². The lowest BCUT2D eigenvalue weighted by atomic mass is 9.84. The lowest BCUT2D eigenvalue weighted by Gasteiger charge is -2.30.